The standard InChI is InChI=1S/C14H19N3O3S/c1-4-10-5-11-13(21-10)15-8-17(14(11)19)6-12(18)16-9(2)7-20-3/h5,8-9H,4,6-7H2,1-3H3,(H,16,18). The number of amides is 1. The molecule has 0 radical (unpaired) electrons. The van der Waals surface area contributed by atoms with E-state index >= 15 is 0 Å². The lowest BCUT2D eigenvalue weighted by atomic mass is 10.3. The van der Waals surface area contributed by atoms with Gasteiger partial charge in [-0.15, -0.1) is 11.3 Å². The van der Waals surface area contributed by atoms with Crippen LogP contribution in [0, 0.1) is 0 Å². The number of nitrogens with one attached hydrogen (secondary N) is 1. The smallest absolute Gasteiger partial charge is 0.262 e. The van der Waals surface area contributed by atoms with Crippen LogP contribution in [0.25, 0.3) is 10.2 Å². The summed E-state index contributed by atoms with van der Waals surface area (Å²) in [5.41, 5.74) is -0.175. The van der Waals surface area contributed by atoms with Crippen LogP contribution >= 0.6 is 11.3 Å². The van der Waals surface area contributed by atoms with Crippen LogP contribution in [0.5, 0.6) is 0 Å². The molecule has 0 spiro atoms. The molecule has 2 aromatic rings. The van der Waals surface area contributed by atoms with Gasteiger partial charge in [-0.05, 0) is 19.4 Å². The lowest BCUT2D eigenvalue weighted by Crippen LogP contribution is -2.39. The summed E-state index contributed by atoms with van der Waals surface area (Å²) >= 11 is 1.51. The summed E-state index contributed by atoms with van der Waals surface area (Å²) in [5.74, 6) is -0.228. The highest BCUT2D eigenvalue weighted by molar-refractivity contribution is 7.18. The Morgan fingerprint density at radius 1 is 1.57 bits per heavy atom. The topological polar surface area (TPSA) is 73.2 Å². The van der Waals surface area contributed by atoms with Gasteiger partial charge in [0.15, 0.2) is 0 Å². The monoisotopic (exact) mass is 309 g/mol. The fourth-order valence-electron chi connectivity index (χ4n) is 2.06. The van der Waals surface area contributed by atoms with Gasteiger partial charge in [-0.3, -0.25) is 14.2 Å². The van der Waals surface area contributed by atoms with Crippen molar-refractivity contribution in [2.24, 2.45) is 0 Å². The van der Waals surface area contributed by atoms with Gasteiger partial charge in [-0.1, -0.05) is 6.92 Å². The predicted octanol–water partition coefficient (Wildman–Crippen LogP) is 1.17. The number of thiophene rings is 1. The Morgan fingerprint density at radius 2 is 2.33 bits per heavy atom. The largest absolute Gasteiger partial charge is 0.383 e. The van der Waals surface area contributed by atoms with Crippen molar-refractivity contribution in [3.8, 4) is 0 Å². The van der Waals surface area contributed by atoms with Gasteiger partial charge >= 0.3 is 0 Å². The number of nitrogens with zero attached hydrogens (tertiary/aromatic N) is 2. The van der Waals surface area contributed by atoms with Crippen molar-refractivity contribution in [2.45, 2.75) is 32.9 Å². The molecule has 0 aliphatic carbocycles. The predicted molar refractivity (Wildman–Crippen MR) is 82.7 cm³/mol. The Morgan fingerprint density at radius 3 is 3.00 bits per heavy atom. The molecule has 1 unspecified atom stereocenters. The highest BCUT2D eigenvalue weighted by Crippen LogP contribution is 2.20. The van der Waals surface area contributed by atoms with Gasteiger partial charge in [0.1, 0.15) is 11.4 Å². The molecule has 2 rings (SSSR count). The van der Waals surface area contributed by atoms with E-state index in [1.807, 2.05) is 19.9 Å². The third-order valence-corrected chi connectivity index (χ3v) is 4.24. The number of fused-ring (bicyclic) bond motifs is 1. The van der Waals surface area contributed by atoms with Gasteiger partial charge in [-0.25, -0.2) is 4.98 Å². The maximum atomic E-state index is 12.3. The molecule has 1 amide bonds. The highest BCUT2D eigenvalue weighted by atomic mass is 32.1. The number of hydrogen-bond donors (Lipinski definition) is 1. The van der Waals surface area contributed by atoms with E-state index in [9.17, 15) is 9.59 Å². The van der Waals surface area contributed by atoms with E-state index in [0.717, 1.165) is 16.1 Å². The van der Waals surface area contributed by atoms with E-state index in [1.165, 1.54) is 22.2 Å². The van der Waals surface area contributed by atoms with Gasteiger partial charge < -0.3 is 10.1 Å². The first-order valence-corrected chi connectivity index (χ1v) is 7.63. The van der Waals surface area contributed by atoms with Crippen molar-refractivity contribution >= 4 is 27.5 Å². The number of carbonyl (C=O) groups excluding carboxylic acids is 1. The Hall–Kier alpha value is -1.73. The Balaban J connectivity index is 2.17. The van der Waals surface area contributed by atoms with Crippen LogP contribution in [0.3, 0.4) is 0 Å². The quantitative estimate of drug-likeness (QED) is 0.869. The molecule has 0 aliphatic rings. The minimum atomic E-state index is -0.228. The lowest BCUT2D eigenvalue weighted by molar-refractivity contribution is -0.122. The molecule has 1 atom stereocenters. The van der Waals surface area contributed by atoms with Crippen LogP contribution in [0.2, 0.25) is 0 Å². The maximum Gasteiger partial charge on any atom is 0.262 e. The first kappa shape index (κ1) is 15.7. The minimum absolute atomic E-state index is 0.0346. The zero-order chi connectivity index (χ0) is 15.4. The molecular weight excluding hydrogens is 290 g/mol. The fourth-order valence-corrected chi connectivity index (χ4v) is 2.99. The average molecular weight is 309 g/mol. The zero-order valence-electron chi connectivity index (χ0n) is 12.4. The molecule has 0 fully saturated rings. The molecule has 0 bridgehead atoms. The molecule has 2 heterocycles. The average Bonchev–Trinajstić information content (AvgIpc) is 2.86. The van der Waals surface area contributed by atoms with Crippen LogP contribution in [-0.4, -0.2) is 35.2 Å². The number of ether oxygens (including phenoxy) is 1. The van der Waals surface area contributed by atoms with Crippen LogP contribution < -0.4 is 10.9 Å². The van der Waals surface area contributed by atoms with Crippen LogP contribution in [-0.2, 0) is 22.5 Å². The second-order valence-electron chi connectivity index (χ2n) is 4.89. The van der Waals surface area contributed by atoms with Crippen LogP contribution in [0.4, 0.5) is 0 Å². The summed E-state index contributed by atoms with van der Waals surface area (Å²) in [4.78, 5) is 30.3. The molecule has 0 saturated carbocycles. The van der Waals surface area contributed by atoms with Crippen molar-refractivity contribution < 1.29 is 9.53 Å². The molecule has 2 aromatic heterocycles. The normalized spacial score (nSPS) is 12.5. The summed E-state index contributed by atoms with van der Waals surface area (Å²) in [5, 5.41) is 3.35. The molecular formula is C14H19N3O3S. The summed E-state index contributed by atoms with van der Waals surface area (Å²) in [6.07, 6.45) is 2.30. The van der Waals surface area contributed by atoms with Gasteiger partial charge in [0, 0.05) is 18.0 Å². The first-order chi connectivity index (χ1) is 10.0. The number of aryl methyl sites for hydroxylation is 1. The van der Waals surface area contributed by atoms with Crippen LogP contribution in [0.1, 0.15) is 18.7 Å². The third kappa shape index (κ3) is 3.68. The number of hydrogen-bond acceptors (Lipinski definition) is 5. The highest BCUT2D eigenvalue weighted by Gasteiger charge is 2.12. The van der Waals surface area contributed by atoms with Crippen molar-refractivity contribution in [1.82, 2.24) is 14.9 Å². The van der Waals surface area contributed by atoms with E-state index in [-0.39, 0.29) is 24.1 Å². The molecule has 0 aromatic carbocycles. The molecule has 0 saturated heterocycles. The van der Waals surface area contributed by atoms with Crippen LogP contribution in [0.15, 0.2) is 17.2 Å². The Bertz CT molecular complexity index is 692. The molecule has 1 N–H and O–H groups in total. The van der Waals surface area contributed by atoms with Crippen molar-refractivity contribution in [2.75, 3.05) is 13.7 Å². The second-order valence-corrected chi connectivity index (χ2v) is 6.00. The summed E-state index contributed by atoms with van der Waals surface area (Å²) in [6, 6.07) is 1.76. The van der Waals surface area contributed by atoms with E-state index in [4.69, 9.17) is 4.74 Å². The number of aromatic nitrogens is 2. The van der Waals surface area contributed by atoms with E-state index < -0.39 is 0 Å². The Labute approximate surface area is 126 Å². The summed E-state index contributed by atoms with van der Waals surface area (Å²) < 4.78 is 6.29. The van der Waals surface area contributed by atoms with Gasteiger partial charge in [0.05, 0.1) is 18.3 Å². The summed E-state index contributed by atoms with van der Waals surface area (Å²) in [7, 11) is 1.58. The zero-order valence-corrected chi connectivity index (χ0v) is 13.2. The second kappa shape index (κ2) is 6.82. The van der Waals surface area contributed by atoms with E-state index in [1.54, 1.807) is 7.11 Å². The fraction of sp³-hybridized carbons (Fsp3) is 0.500. The Kier molecular flexibility index (Phi) is 5.08. The van der Waals surface area contributed by atoms with Gasteiger partial charge in [0.2, 0.25) is 5.91 Å². The number of carbonyl (C=O) groups is 1. The maximum absolute atomic E-state index is 12.3. The van der Waals surface area contributed by atoms with E-state index in [2.05, 4.69) is 10.3 Å². The van der Waals surface area contributed by atoms with Crippen molar-refractivity contribution in [3.05, 3.63) is 27.6 Å². The van der Waals surface area contributed by atoms with Crippen molar-refractivity contribution in [3.63, 3.8) is 0 Å². The van der Waals surface area contributed by atoms with Crippen molar-refractivity contribution in [1.29, 1.82) is 0 Å². The molecule has 6 nitrogen and oxygen atoms in total. The van der Waals surface area contributed by atoms with Gasteiger partial charge in [-0.2, -0.15) is 0 Å². The molecule has 0 aliphatic heterocycles. The minimum Gasteiger partial charge on any atom is -0.383 e. The van der Waals surface area contributed by atoms with Gasteiger partial charge in [0.25, 0.3) is 5.56 Å². The van der Waals surface area contributed by atoms with E-state index in [0.29, 0.717) is 12.0 Å². The molecule has 21 heavy (non-hydrogen) atoms. The lowest BCUT2D eigenvalue weighted by Gasteiger charge is -2.13. The summed E-state index contributed by atoms with van der Waals surface area (Å²) in [6.45, 7) is 4.28. The first-order valence-electron chi connectivity index (χ1n) is 6.81. The number of methoxy groups -OCH3 is 1. The molecule has 114 valence electrons. The SMILES string of the molecule is CCc1cc2c(=O)n(CC(=O)NC(C)COC)cnc2s1. The number of rotatable bonds is 6. The molecule has 7 heteroatoms. The third-order valence-electron chi connectivity index (χ3n) is 3.06.